The van der Waals surface area contributed by atoms with Gasteiger partial charge in [-0.05, 0) is 19.3 Å². The standard InChI is InChI=1S/C11H20N4O/c1-2-3-10-6-9(4-5-16-10)12-7-11-13-8-14-15-11/h8-10,12H,2-7H2,1H3,(H,13,14,15). The minimum atomic E-state index is 0.436. The van der Waals surface area contributed by atoms with Crippen molar-refractivity contribution in [1.82, 2.24) is 20.5 Å². The molecule has 0 amide bonds. The number of rotatable bonds is 5. The van der Waals surface area contributed by atoms with E-state index >= 15 is 0 Å². The summed E-state index contributed by atoms with van der Waals surface area (Å²) in [5.74, 6) is 0.901. The van der Waals surface area contributed by atoms with Crippen LogP contribution < -0.4 is 5.32 Å². The van der Waals surface area contributed by atoms with Crippen LogP contribution in [0.15, 0.2) is 6.33 Å². The Morgan fingerprint density at radius 1 is 1.62 bits per heavy atom. The van der Waals surface area contributed by atoms with Gasteiger partial charge in [-0.25, -0.2) is 4.98 Å². The van der Waals surface area contributed by atoms with E-state index < -0.39 is 0 Å². The third-order valence-electron chi connectivity index (χ3n) is 3.00. The molecular formula is C11H20N4O. The zero-order valence-corrected chi connectivity index (χ0v) is 9.78. The molecule has 2 atom stereocenters. The predicted octanol–water partition coefficient (Wildman–Crippen LogP) is 1.24. The fourth-order valence-electron chi connectivity index (χ4n) is 2.15. The number of nitrogens with zero attached hydrogens (tertiary/aromatic N) is 2. The lowest BCUT2D eigenvalue weighted by molar-refractivity contribution is -0.00352. The molecule has 2 rings (SSSR count). The van der Waals surface area contributed by atoms with Gasteiger partial charge in [-0.1, -0.05) is 13.3 Å². The molecule has 90 valence electrons. The molecule has 1 fully saturated rings. The first-order valence-electron chi connectivity index (χ1n) is 6.07. The molecular weight excluding hydrogens is 204 g/mol. The molecule has 1 aliphatic heterocycles. The van der Waals surface area contributed by atoms with Gasteiger partial charge in [0.15, 0.2) is 0 Å². The summed E-state index contributed by atoms with van der Waals surface area (Å²) in [6.07, 6.45) is 6.54. The molecule has 2 N–H and O–H groups in total. The third kappa shape index (κ3) is 3.28. The fourth-order valence-corrected chi connectivity index (χ4v) is 2.15. The zero-order chi connectivity index (χ0) is 11.2. The maximum atomic E-state index is 5.71. The predicted molar refractivity (Wildman–Crippen MR) is 60.9 cm³/mol. The van der Waals surface area contributed by atoms with Gasteiger partial charge in [0, 0.05) is 12.6 Å². The van der Waals surface area contributed by atoms with Crippen LogP contribution in [0.4, 0.5) is 0 Å². The number of H-pyrrole nitrogens is 1. The van der Waals surface area contributed by atoms with Gasteiger partial charge in [0.25, 0.3) is 0 Å². The summed E-state index contributed by atoms with van der Waals surface area (Å²) in [4.78, 5) is 4.10. The Bertz CT molecular complexity index is 286. The molecule has 2 unspecified atom stereocenters. The van der Waals surface area contributed by atoms with Crippen molar-refractivity contribution in [3.8, 4) is 0 Å². The van der Waals surface area contributed by atoms with Crippen LogP contribution in [0.25, 0.3) is 0 Å². The van der Waals surface area contributed by atoms with Crippen molar-refractivity contribution in [2.45, 2.75) is 51.3 Å². The summed E-state index contributed by atoms with van der Waals surface area (Å²) in [6.45, 7) is 3.84. The van der Waals surface area contributed by atoms with E-state index in [9.17, 15) is 0 Å². The van der Waals surface area contributed by atoms with Crippen LogP contribution >= 0.6 is 0 Å². The van der Waals surface area contributed by atoms with Gasteiger partial charge in [-0.15, -0.1) is 0 Å². The van der Waals surface area contributed by atoms with Gasteiger partial charge >= 0.3 is 0 Å². The lowest BCUT2D eigenvalue weighted by atomic mass is 10.0. The normalized spacial score (nSPS) is 25.8. The fraction of sp³-hybridized carbons (Fsp3) is 0.818. The molecule has 2 heterocycles. The molecule has 5 heteroatoms. The Morgan fingerprint density at radius 2 is 2.56 bits per heavy atom. The first-order valence-corrected chi connectivity index (χ1v) is 6.07. The first kappa shape index (κ1) is 11.5. The van der Waals surface area contributed by atoms with Crippen molar-refractivity contribution < 1.29 is 4.74 Å². The summed E-state index contributed by atoms with van der Waals surface area (Å²) < 4.78 is 5.71. The van der Waals surface area contributed by atoms with Gasteiger partial charge in [-0.3, -0.25) is 5.10 Å². The van der Waals surface area contributed by atoms with Crippen LogP contribution in [0.2, 0.25) is 0 Å². The number of nitrogens with one attached hydrogen (secondary N) is 2. The van der Waals surface area contributed by atoms with Crippen LogP contribution in [-0.4, -0.2) is 33.9 Å². The van der Waals surface area contributed by atoms with Gasteiger partial charge in [0.1, 0.15) is 12.2 Å². The summed E-state index contributed by atoms with van der Waals surface area (Å²) in [7, 11) is 0. The summed E-state index contributed by atoms with van der Waals surface area (Å²) in [5.41, 5.74) is 0. The van der Waals surface area contributed by atoms with Crippen molar-refractivity contribution in [1.29, 1.82) is 0 Å². The Kier molecular flexibility index (Phi) is 4.30. The monoisotopic (exact) mass is 224 g/mol. The Balaban J connectivity index is 1.72. The summed E-state index contributed by atoms with van der Waals surface area (Å²) >= 11 is 0. The van der Waals surface area contributed by atoms with Gasteiger partial charge in [0.05, 0.1) is 12.6 Å². The number of ether oxygens (including phenoxy) is 1. The van der Waals surface area contributed by atoms with Gasteiger partial charge < -0.3 is 10.1 Å². The second-order valence-corrected chi connectivity index (χ2v) is 4.32. The Labute approximate surface area is 96.0 Å². The maximum absolute atomic E-state index is 5.71. The van der Waals surface area contributed by atoms with Crippen molar-refractivity contribution >= 4 is 0 Å². The third-order valence-corrected chi connectivity index (χ3v) is 3.00. The second-order valence-electron chi connectivity index (χ2n) is 4.32. The highest BCUT2D eigenvalue weighted by Gasteiger charge is 2.21. The van der Waals surface area contributed by atoms with Crippen molar-refractivity contribution in [2.75, 3.05) is 6.61 Å². The van der Waals surface area contributed by atoms with Crippen LogP contribution in [0.1, 0.15) is 38.4 Å². The molecule has 5 nitrogen and oxygen atoms in total. The van der Waals surface area contributed by atoms with Crippen LogP contribution in [0.5, 0.6) is 0 Å². The molecule has 1 aliphatic rings. The van der Waals surface area contributed by atoms with Crippen LogP contribution in [-0.2, 0) is 11.3 Å². The molecule has 0 bridgehead atoms. The summed E-state index contributed by atoms with van der Waals surface area (Å²) in [5, 5.41) is 10.2. The molecule has 1 saturated heterocycles. The molecule has 0 aliphatic carbocycles. The molecule has 0 saturated carbocycles. The smallest absolute Gasteiger partial charge is 0.138 e. The minimum absolute atomic E-state index is 0.436. The van der Waals surface area contributed by atoms with Crippen molar-refractivity contribution in [3.63, 3.8) is 0 Å². The number of aromatic nitrogens is 3. The van der Waals surface area contributed by atoms with Crippen LogP contribution in [0, 0.1) is 0 Å². The zero-order valence-electron chi connectivity index (χ0n) is 9.78. The highest BCUT2D eigenvalue weighted by molar-refractivity contribution is 4.83. The SMILES string of the molecule is CCCC1CC(NCc2ncn[nH]2)CCO1. The lowest BCUT2D eigenvalue weighted by Crippen LogP contribution is -2.38. The summed E-state index contributed by atoms with van der Waals surface area (Å²) in [6, 6.07) is 0.551. The van der Waals surface area contributed by atoms with E-state index in [4.69, 9.17) is 4.74 Å². The first-order chi connectivity index (χ1) is 7.88. The molecule has 1 aromatic heterocycles. The Hall–Kier alpha value is -0.940. The van der Waals surface area contributed by atoms with E-state index in [-0.39, 0.29) is 0 Å². The van der Waals surface area contributed by atoms with E-state index in [0.29, 0.717) is 12.1 Å². The average molecular weight is 224 g/mol. The van der Waals surface area contributed by atoms with E-state index in [2.05, 4.69) is 27.4 Å². The molecule has 0 radical (unpaired) electrons. The highest BCUT2D eigenvalue weighted by Crippen LogP contribution is 2.17. The molecule has 1 aromatic rings. The topological polar surface area (TPSA) is 62.8 Å². The number of hydrogen-bond donors (Lipinski definition) is 2. The highest BCUT2D eigenvalue weighted by atomic mass is 16.5. The van der Waals surface area contributed by atoms with Crippen molar-refractivity contribution in [3.05, 3.63) is 12.2 Å². The maximum Gasteiger partial charge on any atom is 0.138 e. The van der Waals surface area contributed by atoms with Gasteiger partial charge in [-0.2, -0.15) is 5.10 Å². The van der Waals surface area contributed by atoms with E-state index in [0.717, 1.165) is 31.8 Å². The Morgan fingerprint density at radius 3 is 3.31 bits per heavy atom. The van der Waals surface area contributed by atoms with E-state index in [1.165, 1.54) is 12.8 Å². The quantitative estimate of drug-likeness (QED) is 0.790. The molecule has 16 heavy (non-hydrogen) atoms. The van der Waals surface area contributed by atoms with E-state index in [1.54, 1.807) is 6.33 Å². The number of aromatic amines is 1. The largest absolute Gasteiger partial charge is 0.378 e. The van der Waals surface area contributed by atoms with Gasteiger partial charge in [0.2, 0.25) is 0 Å². The lowest BCUT2D eigenvalue weighted by Gasteiger charge is -2.29. The molecule has 0 aromatic carbocycles. The average Bonchev–Trinajstić information content (AvgIpc) is 2.80. The van der Waals surface area contributed by atoms with Crippen molar-refractivity contribution in [2.24, 2.45) is 0 Å². The second kappa shape index (κ2) is 5.96. The number of hydrogen-bond acceptors (Lipinski definition) is 4. The van der Waals surface area contributed by atoms with Crippen LogP contribution in [0.3, 0.4) is 0 Å². The minimum Gasteiger partial charge on any atom is -0.378 e. The van der Waals surface area contributed by atoms with E-state index in [1.807, 2.05) is 0 Å². The molecule has 0 spiro atoms.